The molecular formula is C16H19N3O5. The summed E-state index contributed by atoms with van der Waals surface area (Å²) in [7, 11) is 0. The van der Waals surface area contributed by atoms with E-state index < -0.39 is 10.7 Å². The molecule has 1 N–H and O–H groups in total. The van der Waals surface area contributed by atoms with Crippen molar-refractivity contribution in [2.24, 2.45) is 5.92 Å². The van der Waals surface area contributed by atoms with Crippen LogP contribution >= 0.6 is 0 Å². The molecule has 0 aliphatic heterocycles. The van der Waals surface area contributed by atoms with Gasteiger partial charge in [0.05, 0.1) is 16.5 Å². The molecule has 1 aliphatic carbocycles. The van der Waals surface area contributed by atoms with E-state index >= 15 is 0 Å². The third-order valence-electron chi connectivity index (χ3n) is 4.62. The first-order valence-corrected chi connectivity index (χ1v) is 8.03. The van der Waals surface area contributed by atoms with Crippen LogP contribution in [0.25, 0.3) is 11.1 Å². The molecule has 1 saturated carbocycles. The maximum absolute atomic E-state index is 12.3. The van der Waals surface area contributed by atoms with Crippen LogP contribution in [0.3, 0.4) is 0 Å². The number of carbonyl (C=O) groups excluding carboxylic acids is 1. The summed E-state index contributed by atoms with van der Waals surface area (Å²) < 4.78 is 6.22. The summed E-state index contributed by atoms with van der Waals surface area (Å²) in [6.45, 7) is 1.95. The summed E-state index contributed by atoms with van der Waals surface area (Å²) in [4.78, 5) is 34.5. The number of benzene rings is 1. The number of hydrogen-bond acceptors (Lipinski definition) is 5. The Hall–Kier alpha value is -2.64. The molecule has 1 aliphatic rings. The number of oxazole rings is 1. The average Bonchev–Trinajstić information content (AvgIpc) is 2.84. The van der Waals surface area contributed by atoms with Gasteiger partial charge in [0.25, 0.3) is 5.69 Å². The molecule has 1 aromatic heterocycles. The predicted molar refractivity (Wildman–Crippen MR) is 86.7 cm³/mol. The lowest BCUT2D eigenvalue weighted by Gasteiger charge is -2.29. The van der Waals surface area contributed by atoms with Crippen LogP contribution in [0.4, 0.5) is 5.69 Å². The molecule has 0 saturated heterocycles. The zero-order chi connectivity index (χ0) is 17.3. The Morgan fingerprint density at radius 3 is 2.88 bits per heavy atom. The second kappa shape index (κ2) is 6.46. The third-order valence-corrected chi connectivity index (χ3v) is 4.62. The van der Waals surface area contributed by atoms with Crippen LogP contribution in [0.5, 0.6) is 0 Å². The second-order valence-electron chi connectivity index (χ2n) is 6.30. The van der Waals surface area contributed by atoms with Gasteiger partial charge in [-0.15, -0.1) is 0 Å². The minimum atomic E-state index is -0.697. The summed E-state index contributed by atoms with van der Waals surface area (Å²) >= 11 is 0. The smallest absolute Gasteiger partial charge is 0.407 e. The molecule has 1 heterocycles. The van der Waals surface area contributed by atoms with Gasteiger partial charge >= 0.3 is 5.76 Å². The molecule has 8 heteroatoms. The van der Waals surface area contributed by atoms with Crippen molar-refractivity contribution in [3.63, 3.8) is 0 Å². The Morgan fingerprint density at radius 2 is 2.17 bits per heavy atom. The molecule has 2 aromatic rings. The van der Waals surface area contributed by atoms with Crippen molar-refractivity contribution < 1.29 is 14.1 Å². The Kier molecular flexibility index (Phi) is 4.37. The number of aromatic nitrogens is 1. The minimum Gasteiger partial charge on any atom is -0.407 e. The molecule has 24 heavy (non-hydrogen) atoms. The fourth-order valence-electron chi connectivity index (χ4n) is 3.25. The highest BCUT2D eigenvalue weighted by atomic mass is 16.6. The largest absolute Gasteiger partial charge is 0.420 e. The van der Waals surface area contributed by atoms with Gasteiger partial charge in [0.2, 0.25) is 5.91 Å². The zero-order valence-electron chi connectivity index (χ0n) is 13.4. The number of nitrogens with zero attached hydrogens (tertiary/aromatic N) is 2. The predicted octanol–water partition coefficient (Wildman–Crippen LogP) is 2.20. The molecule has 1 amide bonds. The maximum Gasteiger partial charge on any atom is 0.420 e. The number of rotatable bonds is 4. The van der Waals surface area contributed by atoms with Gasteiger partial charge in [-0.3, -0.25) is 19.5 Å². The first kappa shape index (κ1) is 16.2. The molecule has 0 radical (unpaired) electrons. The van der Waals surface area contributed by atoms with E-state index in [1.54, 1.807) is 0 Å². The summed E-state index contributed by atoms with van der Waals surface area (Å²) in [5.41, 5.74) is 0.314. The Balaban J connectivity index is 1.79. The Morgan fingerprint density at radius 1 is 1.42 bits per heavy atom. The molecule has 1 aromatic carbocycles. The first-order chi connectivity index (χ1) is 11.5. The highest BCUT2D eigenvalue weighted by Crippen LogP contribution is 2.24. The molecule has 128 valence electrons. The molecule has 3 rings (SSSR count). The van der Waals surface area contributed by atoms with E-state index in [2.05, 4.69) is 12.2 Å². The fourth-order valence-corrected chi connectivity index (χ4v) is 3.25. The lowest BCUT2D eigenvalue weighted by atomic mass is 9.86. The van der Waals surface area contributed by atoms with Crippen molar-refractivity contribution in [3.05, 3.63) is 38.9 Å². The van der Waals surface area contributed by atoms with Gasteiger partial charge in [0.1, 0.15) is 6.54 Å². The Bertz CT molecular complexity index is 838. The lowest BCUT2D eigenvalue weighted by molar-refractivity contribution is -0.384. The summed E-state index contributed by atoms with van der Waals surface area (Å²) in [6, 6.07) is 4.03. The van der Waals surface area contributed by atoms with Crippen LogP contribution < -0.4 is 11.1 Å². The quantitative estimate of drug-likeness (QED) is 0.681. The number of nitrogens with one attached hydrogen (secondary N) is 1. The van der Waals surface area contributed by atoms with Crippen molar-refractivity contribution in [2.75, 3.05) is 0 Å². The first-order valence-electron chi connectivity index (χ1n) is 8.03. The SMILES string of the molecule is C[C@@H]1CCCC[C@@H]1NC(=O)Cn1c(=O)oc2cc([N+](=O)[O-])ccc21. The molecule has 2 atom stereocenters. The molecular weight excluding hydrogens is 314 g/mol. The summed E-state index contributed by atoms with van der Waals surface area (Å²) in [6.07, 6.45) is 4.30. The van der Waals surface area contributed by atoms with Gasteiger partial charge in [0, 0.05) is 12.1 Å². The monoisotopic (exact) mass is 333 g/mol. The number of hydrogen-bond donors (Lipinski definition) is 1. The number of amides is 1. The van der Waals surface area contributed by atoms with E-state index in [0.29, 0.717) is 11.4 Å². The highest BCUT2D eigenvalue weighted by molar-refractivity contribution is 5.80. The third kappa shape index (κ3) is 3.17. The van der Waals surface area contributed by atoms with Gasteiger partial charge in [-0.25, -0.2) is 4.79 Å². The van der Waals surface area contributed by atoms with E-state index in [9.17, 15) is 19.7 Å². The van der Waals surface area contributed by atoms with Crippen LogP contribution in [-0.4, -0.2) is 21.4 Å². The highest BCUT2D eigenvalue weighted by Gasteiger charge is 2.23. The average molecular weight is 333 g/mol. The Labute approximate surface area is 137 Å². The van der Waals surface area contributed by atoms with Crippen LogP contribution in [0, 0.1) is 16.0 Å². The number of fused-ring (bicyclic) bond motifs is 1. The van der Waals surface area contributed by atoms with Gasteiger partial charge in [-0.05, 0) is 24.8 Å². The van der Waals surface area contributed by atoms with Crippen LogP contribution in [0.1, 0.15) is 32.6 Å². The van der Waals surface area contributed by atoms with Gasteiger partial charge < -0.3 is 9.73 Å². The van der Waals surface area contributed by atoms with Crippen LogP contribution in [0.15, 0.2) is 27.4 Å². The summed E-state index contributed by atoms with van der Waals surface area (Å²) in [5, 5.41) is 13.8. The maximum atomic E-state index is 12.3. The number of non-ortho nitro benzene ring substituents is 1. The minimum absolute atomic E-state index is 0.105. The molecule has 8 nitrogen and oxygen atoms in total. The standard InChI is InChI=1S/C16H19N3O5/c1-10-4-2-3-5-12(10)17-15(20)9-18-13-7-6-11(19(22)23)8-14(13)24-16(18)21/h6-8,10,12H,2-5,9H2,1H3,(H,17,20)/t10-,12+/m1/s1. The number of carbonyl (C=O) groups is 1. The van der Waals surface area contributed by atoms with Gasteiger partial charge in [-0.2, -0.15) is 0 Å². The van der Waals surface area contributed by atoms with Crippen LogP contribution in [-0.2, 0) is 11.3 Å². The van der Waals surface area contributed by atoms with Crippen LogP contribution in [0.2, 0.25) is 0 Å². The van der Waals surface area contributed by atoms with Gasteiger partial charge in [0.15, 0.2) is 5.58 Å². The van der Waals surface area contributed by atoms with Crippen molar-refractivity contribution in [2.45, 2.75) is 45.2 Å². The van der Waals surface area contributed by atoms with Crippen molar-refractivity contribution in [1.82, 2.24) is 9.88 Å². The van der Waals surface area contributed by atoms with Gasteiger partial charge in [-0.1, -0.05) is 19.8 Å². The molecule has 0 unspecified atom stereocenters. The van der Waals surface area contributed by atoms with Crippen molar-refractivity contribution in [3.8, 4) is 0 Å². The van der Waals surface area contributed by atoms with E-state index in [1.807, 2.05) is 0 Å². The summed E-state index contributed by atoms with van der Waals surface area (Å²) in [5.74, 6) is -0.530. The van der Waals surface area contributed by atoms with E-state index in [1.165, 1.54) is 29.2 Å². The number of nitro groups is 1. The number of nitro benzene ring substituents is 1. The normalized spacial score (nSPS) is 20.9. The second-order valence-corrected chi connectivity index (χ2v) is 6.30. The molecule has 0 spiro atoms. The topological polar surface area (TPSA) is 107 Å². The zero-order valence-corrected chi connectivity index (χ0v) is 13.4. The van der Waals surface area contributed by atoms with E-state index in [0.717, 1.165) is 19.3 Å². The lowest BCUT2D eigenvalue weighted by Crippen LogP contribution is -2.43. The van der Waals surface area contributed by atoms with E-state index in [-0.39, 0.29) is 29.8 Å². The molecule has 1 fully saturated rings. The van der Waals surface area contributed by atoms with E-state index in [4.69, 9.17) is 4.42 Å². The van der Waals surface area contributed by atoms with Crippen molar-refractivity contribution >= 4 is 22.7 Å². The molecule has 0 bridgehead atoms. The fraction of sp³-hybridized carbons (Fsp3) is 0.500. The van der Waals surface area contributed by atoms with Crippen molar-refractivity contribution in [1.29, 1.82) is 0 Å².